The summed E-state index contributed by atoms with van der Waals surface area (Å²) in [6, 6.07) is 7.17. The normalized spacial score (nSPS) is 17.8. The van der Waals surface area contributed by atoms with Crippen LogP contribution < -0.4 is 10.6 Å². The molecule has 3 rings (SSSR count). The monoisotopic (exact) mass is 330 g/mol. The number of esters is 1. The van der Waals surface area contributed by atoms with Gasteiger partial charge in [0.25, 0.3) is 0 Å². The summed E-state index contributed by atoms with van der Waals surface area (Å²) in [4.78, 5) is 24.4. The summed E-state index contributed by atoms with van der Waals surface area (Å²) in [5.41, 5.74) is 2.03. The number of carbonyl (C=O) groups excluding carboxylic acids is 2. The molecule has 6 heteroatoms. The van der Waals surface area contributed by atoms with E-state index in [2.05, 4.69) is 10.6 Å². The summed E-state index contributed by atoms with van der Waals surface area (Å²) in [7, 11) is 0. The van der Waals surface area contributed by atoms with Crippen molar-refractivity contribution in [1.82, 2.24) is 10.6 Å². The van der Waals surface area contributed by atoms with Crippen LogP contribution in [0.25, 0.3) is 10.1 Å². The maximum Gasteiger partial charge on any atom is 0.338 e. The van der Waals surface area contributed by atoms with Gasteiger partial charge in [0, 0.05) is 10.4 Å². The SMILES string of the molecule is CCOC(=O)C1=C(CC)NC(=O)NC1c1csc2ccccc12. The van der Waals surface area contributed by atoms with Gasteiger partial charge >= 0.3 is 12.0 Å². The quantitative estimate of drug-likeness (QED) is 0.843. The van der Waals surface area contributed by atoms with Crippen molar-refractivity contribution in [3.05, 3.63) is 46.5 Å². The summed E-state index contributed by atoms with van der Waals surface area (Å²) in [5.74, 6) is -0.392. The van der Waals surface area contributed by atoms with Gasteiger partial charge in [-0.15, -0.1) is 11.3 Å². The van der Waals surface area contributed by atoms with E-state index in [4.69, 9.17) is 4.74 Å². The lowest BCUT2D eigenvalue weighted by atomic mass is 9.94. The van der Waals surface area contributed by atoms with Gasteiger partial charge in [-0.25, -0.2) is 9.59 Å². The molecule has 1 aliphatic rings. The van der Waals surface area contributed by atoms with Crippen LogP contribution in [0.5, 0.6) is 0 Å². The van der Waals surface area contributed by atoms with Crippen LogP contribution in [-0.2, 0) is 9.53 Å². The second-order valence-corrected chi connectivity index (χ2v) is 6.10. The Labute approximate surface area is 138 Å². The minimum Gasteiger partial charge on any atom is -0.463 e. The lowest BCUT2D eigenvalue weighted by Crippen LogP contribution is -2.45. The maximum atomic E-state index is 12.4. The molecule has 0 radical (unpaired) electrons. The fourth-order valence-electron chi connectivity index (χ4n) is 2.80. The van der Waals surface area contributed by atoms with Crippen LogP contribution in [-0.4, -0.2) is 18.6 Å². The van der Waals surface area contributed by atoms with Gasteiger partial charge in [-0.1, -0.05) is 25.1 Å². The Balaban J connectivity index is 2.14. The number of hydrogen-bond acceptors (Lipinski definition) is 4. The topological polar surface area (TPSA) is 67.4 Å². The highest BCUT2D eigenvalue weighted by Crippen LogP contribution is 2.36. The Hall–Kier alpha value is -2.34. The molecule has 0 bridgehead atoms. The van der Waals surface area contributed by atoms with Crippen molar-refractivity contribution in [1.29, 1.82) is 0 Å². The molecule has 0 spiro atoms. The van der Waals surface area contributed by atoms with Crippen molar-refractivity contribution in [3.8, 4) is 0 Å². The Kier molecular flexibility index (Phi) is 4.34. The molecular weight excluding hydrogens is 312 g/mol. The molecule has 2 N–H and O–H groups in total. The Morgan fingerprint density at radius 3 is 2.83 bits per heavy atom. The number of fused-ring (bicyclic) bond motifs is 1. The third-order valence-electron chi connectivity index (χ3n) is 3.82. The Morgan fingerprint density at radius 2 is 2.09 bits per heavy atom. The molecule has 23 heavy (non-hydrogen) atoms. The van der Waals surface area contributed by atoms with Crippen LogP contribution in [0.2, 0.25) is 0 Å². The van der Waals surface area contributed by atoms with Gasteiger partial charge in [-0.05, 0) is 35.7 Å². The van der Waals surface area contributed by atoms with Gasteiger partial charge in [0.05, 0.1) is 18.2 Å². The highest BCUT2D eigenvalue weighted by molar-refractivity contribution is 7.17. The highest BCUT2D eigenvalue weighted by atomic mass is 32.1. The van der Waals surface area contributed by atoms with Crippen LogP contribution >= 0.6 is 11.3 Å². The largest absolute Gasteiger partial charge is 0.463 e. The predicted molar refractivity (Wildman–Crippen MR) is 90.2 cm³/mol. The van der Waals surface area contributed by atoms with Crippen LogP contribution in [0.15, 0.2) is 40.9 Å². The Morgan fingerprint density at radius 1 is 1.30 bits per heavy atom. The maximum absolute atomic E-state index is 12.4. The van der Waals surface area contributed by atoms with E-state index in [0.29, 0.717) is 24.3 Å². The third kappa shape index (κ3) is 2.82. The molecule has 120 valence electrons. The number of hydrogen-bond donors (Lipinski definition) is 2. The molecule has 2 amide bonds. The number of benzene rings is 1. The van der Waals surface area contributed by atoms with Crippen molar-refractivity contribution in [2.45, 2.75) is 26.3 Å². The molecule has 0 saturated carbocycles. The van der Waals surface area contributed by atoms with E-state index in [0.717, 1.165) is 15.6 Å². The van der Waals surface area contributed by atoms with Crippen molar-refractivity contribution in [2.24, 2.45) is 0 Å². The van der Waals surface area contributed by atoms with Gasteiger partial charge in [0.2, 0.25) is 0 Å². The standard InChI is InChI=1S/C17H18N2O3S/c1-3-12-14(16(20)22-4-2)15(19-17(21)18-12)11-9-23-13-8-6-5-7-10(11)13/h5-9,15H,3-4H2,1-2H3,(H2,18,19,21). The number of nitrogens with one attached hydrogen (secondary N) is 2. The van der Waals surface area contributed by atoms with Crippen LogP contribution in [0, 0.1) is 0 Å². The smallest absolute Gasteiger partial charge is 0.338 e. The zero-order valence-corrected chi connectivity index (χ0v) is 13.8. The zero-order valence-electron chi connectivity index (χ0n) is 13.0. The van der Waals surface area contributed by atoms with E-state index in [9.17, 15) is 9.59 Å². The molecule has 2 aromatic rings. The lowest BCUT2D eigenvalue weighted by molar-refractivity contribution is -0.139. The number of ether oxygens (including phenoxy) is 1. The van der Waals surface area contributed by atoms with Gasteiger partial charge < -0.3 is 15.4 Å². The highest BCUT2D eigenvalue weighted by Gasteiger charge is 2.34. The molecule has 1 atom stereocenters. The van der Waals surface area contributed by atoms with E-state index in [1.807, 2.05) is 36.6 Å². The molecule has 0 fully saturated rings. The predicted octanol–water partition coefficient (Wildman–Crippen LogP) is 3.48. The first-order valence-electron chi connectivity index (χ1n) is 7.59. The van der Waals surface area contributed by atoms with E-state index in [1.54, 1.807) is 18.3 Å². The molecule has 1 unspecified atom stereocenters. The number of rotatable bonds is 4. The van der Waals surface area contributed by atoms with E-state index >= 15 is 0 Å². The van der Waals surface area contributed by atoms with Crippen molar-refractivity contribution >= 4 is 33.4 Å². The van der Waals surface area contributed by atoms with Crippen molar-refractivity contribution in [3.63, 3.8) is 0 Å². The van der Waals surface area contributed by atoms with Gasteiger partial charge in [0.15, 0.2) is 0 Å². The number of allylic oxidation sites excluding steroid dienone is 1. The van der Waals surface area contributed by atoms with Crippen molar-refractivity contribution < 1.29 is 14.3 Å². The minimum absolute atomic E-state index is 0.296. The fourth-order valence-corrected chi connectivity index (χ4v) is 3.79. The summed E-state index contributed by atoms with van der Waals surface area (Å²) in [5, 5.41) is 8.63. The number of thiophene rings is 1. The molecular formula is C17H18N2O3S. The number of carbonyl (C=O) groups is 2. The number of amides is 2. The summed E-state index contributed by atoms with van der Waals surface area (Å²) >= 11 is 1.60. The Bertz CT molecular complexity index is 794. The first-order chi connectivity index (χ1) is 11.2. The van der Waals surface area contributed by atoms with Gasteiger partial charge in [-0.2, -0.15) is 0 Å². The summed E-state index contributed by atoms with van der Waals surface area (Å²) in [6.07, 6.45) is 0.556. The molecule has 0 saturated heterocycles. The summed E-state index contributed by atoms with van der Waals surface area (Å²) in [6.45, 7) is 3.97. The average molecular weight is 330 g/mol. The summed E-state index contributed by atoms with van der Waals surface area (Å²) < 4.78 is 6.33. The molecule has 1 aromatic carbocycles. The van der Waals surface area contributed by atoms with Crippen LogP contribution in [0.3, 0.4) is 0 Å². The molecule has 1 aliphatic heterocycles. The molecule has 1 aromatic heterocycles. The van der Waals surface area contributed by atoms with Gasteiger partial charge in [0.1, 0.15) is 0 Å². The minimum atomic E-state index is -0.492. The van der Waals surface area contributed by atoms with E-state index in [1.165, 1.54) is 0 Å². The average Bonchev–Trinajstić information content (AvgIpc) is 2.98. The number of urea groups is 1. The lowest BCUT2D eigenvalue weighted by Gasteiger charge is -2.28. The molecule has 5 nitrogen and oxygen atoms in total. The first kappa shape index (κ1) is 15.6. The van der Waals surface area contributed by atoms with Crippen molar-refractivity contribution in [2.75, 3.05) is 6.61 Å². The van der Waals surface area contributed by atoms with E-state index in [-0.39, 0.29) is 6.03 Å². The fraction of sp³-hybridized carbons (Fsp3) is 0.294. The zero-order chi connectivity index (χ0) is 16.4. The first-order valence-corrected chi connectivity index (χ1v) is 8.47. The second-order valence-electron chi connectivity index (χ2n) is 5.18. The van der Waals surface area contributed by atoms with Gasteiger partial charge in [-0.3, -0.25) is 0 Å². The molecule has 0 aliphatic carbocycles. The third-order valence-corrected chi connectivity index (χ3v) is 4.81. The molecule has 2 heterocycles. The van der Waals surface area contributed by atoms with E-state index < -0.39 is 12.0 Å². The van der Waals surface area contributed by atoms with Crippen LogP contribution in [0.4, 0.5) is 4.79 Å². The second kappa shape index (κ2) is 6.42. The van der Waals surface area contributed by atoms with Crippen LogP contribution in [0.1, 0.15) is 31.9 Å².